The molecule has 0 aliphatic rings. The summed E-state index contributed by atoms with van der Waals surface area (Å²) >= 11 is 0. The Labute approximate surface area is 97.4 Å². The smallest absolute Gasteiger partial charge is 0.220 e. The van der Waals surface area contributed by atoms with Gasteiger partial charge in [-0.05, 0) is 24.8 Å². The summed E-state index contributed by atoms with van der Waals surface area (Å²) in [6, 6.07) is 10.2. The maximum absolute atomic E-state index is 11.4. The molecule has 0 saturated carbocycles. The van der Waals surface area contributed by atoms with Crippen LogP contribution in [0.25, 0.3) is 0 Å². The third-order valence-corrected chi connectivity index (χ3v) is 2.39. The highest BCUT2D eigenvalue weighted by molar-refractivity contribution is 5.75. The zero-order chi connectivity index (χ0) is 11.6. The van der Waals surface area contributed by atoms with Gasteiger partial charge in [0.15, 0.2) is 0 Å². The first-order chi connectivity index (χ1) is 7.83. The number of carbonyl (C=O) groups is 1. The average Bonchev–Trinajstić information content (AvgIpc) is 2.31. The van der Waals surface area contributed by atoms with E-state index < -0.39 is 0 Å². The Bertz CT molecular complexity index is 319. The second kappa shape index (κ2) is 7.69. The number of benzene rings is 1. The standard InChI is InChI=1S/C14H19NO/c1-2-3-5-10-14(16)15-12-11-13-8-6-4-7-9-13/h2,4,6-9H,1,3,5,10-12H2,(H,15,16). The largest absolute Gasteiger partial charge is 0.356 e. The zero-order valence-electron chi connectivity index (χ0n) is 9.61. The van der Waals surface area contributed by atoms with Crippen LogP contribution in [0.3, 0.4) is 0 Å². The van der Waals surface area contributed by atoms with Gasteiger partial charge in [0.2, 0.25) is 5.91 Å². The average molecular weight is 217 g/mol. The monoisotopic (exact) mass is 217 g/mol. The summed E-state index contributed by atoms with van der Waals surface area (Å²) in [5, 5.41) is 2.92. The van der Waals surface area contributed by atoms with Gasteiger partial charge >= 0.3 is 0 Å². The molecule has 86 valence electrons. The lowest BCUT2D eigenvalue weighted by atomic mass is 10.1. The molecular weight excluding hydrogens is 198 g/mol. The Hall–Kier alpha value is -1.57. The molecule has 1 aromatic rings. The lowest BCUT2D eigenvalue weighted by Crippen LogP contribution is -2.25. The predicted octanol–water partition coefficient (Wildman–Crippen LogP) is 2.70. The van der Waals surface area contributed by atoms with E-state index in [1.54, 1.807) is 0 Å². The molecule has 0 heterocycles. The van der Waals surface area contributed by atoms with Crippen molar-refractivity contribution in [2.24, 2.45) is 0 Å². The summed E-state index contributed by atoms with van der Waals surface area (Å²) in [4.78, 5) is 11.4. The molecular formula is C14H19NO. The van der Waals surface area contributed by atoms with Crippen molar-refractivity contribution < 1.29 is 4.79 Å². The van der Waals surface area contributed by atoms with Crippen LogP contribution in [-0.2, 0) is 11.2 Å². The quantitative estimate of drug-likeness (QED) is 0.552. The van der Waals surface area contributed by atoms with E-state index in [0.29, 0.717) is 6.42 Å². The molecule has 0 aromatic heterocycles. The third-order valence-electron chi connectivity index (χ3n) is 2.39. The van der Waals surface area contributed by atoms with Crippen LogP contribution in [0.1, 0.15) is 24.8 Å². The molecule has 16 heavy (non-hydrogen) atoms. The van der Waals surface area contributed by atoms with Gasteiger partial charge in [-0.2, -0.15) is 0 Å². The van der Waals surface area contributed by atoms with Gasteiger partial charge < -0.3 is 5.32 Å². The van der Waals surface area contributed by atoms with Crippen molar-refractivity contribution >= 4 is 5.91 Å². The Morgan fingerprint density at radius 2 is 2.06 bits per heavy atom. The molecule has 0 spiro atoms. The molecule has 0 bridgehead atoms. The van der Waals surface area contributed by atoms with Gasteiger partial charge in [-0.15, -0.1) is 6.58 Å². The van der Waals surface area contributed by atoms with E-state index in [-0.39, 0.29) is 5.91 Å². The van der Waals surface area contributed by atoms with Crippen LogP contribution in [0.15, 0.2) is 43.0 Å². The number of hydrogen-bond acceptors (Lipinski definition) is 1. The minimum atomic E-state index is 0.137. The molecule has 2 nitrogen and oxygen atoms in total. The number of unbranched alkanes of at least 4 members (excludes halogenated alkanes) is 1. The molecule has 1 rings (SSSR count). The minimum absolute atomic E-state index is 0.137. The second-order valence-electron chi connectivity index (χ2n) is 3.77. The van der Waals surface area contributed by atoms with Crippen molar-refractivity contribution in [3.63, 3.8) is 0 Å². The lowest BCUT2D eigenvalue weighted by Gasteiger charge is -2.04. The summed E-state index contributed by atoms with van der Waals surface area (Å²) in [6.07, 6.45) is 5.14. The van der Waals surface area contributed by atoms with Gasteiger partial charge in [-0.3, -0.25) is 4.79 Å². The minimum Gasteiger partial charge on any atom is -0.356 e. The van der Waals surface area contributed by atoms with Crippen LogP contribution >= 0.6 is 0 Å². The molecule has 0 atom stereocenters. The maximum Gasteiger partial charge on any atom is 0.220 e. The summed E-state index contributed by atoms with van der Waals surface area (Å²) in [7, 11) is 0. The Morgan fingerprint density at radius 3 is 2.75 bits per heavy atom. The van der Waals surface area contributed by atoms with Gasteiger partial charge in [0, 0.05) is 13.0 Å². The predicted molar refractivity (Wildman–Crippen MR) is 67.2 cm³/mol. The number of rotatable bonds is 7. The van der Waals surface area contributed by atoms with Crippen LogP contribution in [0.4, 0.5) is 0 Å². The van der Waals surface area contributed by atoms with Crippen LogP contribution < -0.4 is 5.32 Å². The van der Waals surface area contributed by atoms with E-state index >= 15 is 0 Å². The van der Waals surface area contributed by atoms with E-state index in [9.17, 15) is 4.79 Å². The van der Waals surface area contributed by atoms with Crippen molar-refractivity contribution in [2.45, 2.75) is 25.7 Å². The maximum atomic E-state index is 11.4. The van der Waals surface area contributed by atoms with Crippen molar-refractivity contribution in [1.82, 2.24) is 5.32 Å². The molecule has 1 aromatic carbocycles. The van der Waals surface area contributed by atoms with Gasteiger partial charge in [0.25, 0.3) is 0 Å². The summed E-state index contributed by atoms with van der Waals surface area (Å²) in [5.41, 5.74) is 1.26. The second-order valence-corrected chi connectivity index (χ2v) is 3.77. The van der Waals surface area contributed by atoms with Crippen molar-refractivity contribution in [3.05, 3.63) is 48.6 Å². The topological polar surface area (TPSA) is 29.1 Å². The summed E-state index contributed by atoms with van der Waals surface area (Å²) < 4.78 is 0. The molecule has 2 heteroatoms. The van der Waals surface area contributed by atoms with Gasteiger partial charge in [0.05, 0.1) is 0 Å². The van der Waals surface area contributed by atoms with Crippen LogP contribution in [0.5, 0.6) is 0 Å². The van der Waals surface area contributed by atoms with Crippen molar-refractivity contribution in [3.8, 4) is 0 Å². The fraction of sp³-hybridized carbons (Fsp3) is 0.357. The van der Waals surface area contributed by atoms with Crippen LogP contribution in [0, 0.1) is 0 Å². The van der Waals surface area contributed by atoms with Gasteiger partial charge in [0.1, 0.15) is 0 Å². The SMILES string of the molecule is C=CCCCC(=O)NCCc1ccccc1. The van der Waals surface area contributed by atoms with Crippen LogP contribution in [-0.4, -0.2) is 12.5 Å². The molecule has 1 amide bonds. The molecule has 0 fully saturated rings. The summed E-state index contributed by atoms with van der Waals surface area (Å²) in [5.74, 6) is 0.137. The zero-order valence-corrected chi connectivity index (χ0v) is 9.61. The van der Waals surface area contributed by atoms with E-state index in [4.69, 9.17) is 0 Å². The molecule has 0 unspecified atom stereocenters. The fourth-order valence-corrected chi connectivity index (χ4v) is 1.49. The van der Waals surface area contributed by atoms with E-state index in [1.807, 2.05) is 24.3 Å². The van der Waals surface area contributed by atoms with E-state index in [0.717, 1.165) is 25.8 Å². The van der Waals surface area contributed by atoms with Crippen LogP contribution in [0.2, 0.25) is 0 Å². The van der Waals surface area contributed by atoms with Crippen molar-refractivity contribution in [2.75, 3.05) is 6.54 Å². The van der Waals surface area contributed by atoms with Gasteiger partial charge in [-0.25, -0.2) is 0 Å². The van der Waals surface area contributed by atoms with E-state index in [1.165, 1.54) is 5.56 Å². The first-order valence-corrected chi connectivity index (χ1v) is 5.74. The first-order valence-electron chi connectivity index (χ1n) is 5.74. The highest BCUT2D eigenvalue weighted by atomic mass is 16.1. The lowest BCUT2D eigenvalue weighted by molar-refractivity contribution is -0.121. The number of allylic oxidation sites excluding steroid dienone is 1. The third kappa shape index (κ3) is 5.35. The molecule has 1 N–H and O–H groups in total. The number of amides is 1. The Balaban J connectivity index is 2.11. The number of nitrogens with one attached hydrogen (secondary N) is 1. The molecule has 0 radical (unpaired) electrons. The van der Waals surface area contributed by atoms with Gasteiger partial charge in [-0.1, -0.05) is 36.4 Å². The Kier molecular flexibility index (Phi) is 6.00. The summed E-state index contributed by atoms with van der Waals surface area (Å²) in [6.45, 7) is 4.35. The molecule has 0 aliphatic carbocycles. The fourth-order valence-electron chi connectivity index (χ4n) is 1.49. The highest BCUT2D eigenvalue weighted by Crippen LogP contribution is 1.99. The number of carbonyl (C=O) groups excluding carboxylic acids is 1. The normalized spacial score (nSPS) is 9.75. The first kappa shape index (κ1) is 12.5. The highest BCUT2D eigenvalue weighted by Gasteiger charge is 1.99. The molecule has 0 aliphatic heterocycles. The van der Waals surface area contributed by atoms with E-state index in [2.05, 4.69) is 24.0 Å². The number of hydrogen-bond donors (Lipinski definition) is 1. The molecule has 0 saturated heterocycles. The Morgan fingerprint density at radius 1 is 1.31 bits per heavy atom. The van der Waals surface area contributed by atoms with Crippen molar-refractivity contribution in [1.29, 1.82) is 0 Å².